The third kappa shape index (κ3) is 3.59. The molecule has 5 nitrogen and oxygen atoms in total. The Bertz CT molecular complexity index is 675. The Labute approximate surface area is 141 Å². The SMILES string of the molecule is COc1cc(C(=O)NCc2sc(C)nc2C)cc(OC)c1Br. The fourth-order valence-electron chi connectivity index (χ4n) is 2.00. The second-order valence-electron chi connectivity index (χ2n) is 4.62. The van der Waals surface area contributed by atoms with E-state index in [4.69, 9.17) is 9.47 Å². The molecule has 0 bridgehead atoms. The smallest absolute Gasteiger partial charge is 0.251 e. The lowest BCUT2D eigenvalue weighted by Gasteiger charge is -2.11. The van der Waals surface area contributed by atoms with E-state index in [1.807, 2.05) is 13.8 Å². The number of aryl methyl sites for hydroxylation is 2. The number of aromatic nitrogens is 1. The number of hydrogen-bond donors (Lipinski definition) is 1. The maximum atomic E-state index is 12.3. The first kappa shape index (κ1) is 16.8. The van der Waals surface area contributed by atoms with Crippen LogP contribution in [0.5, 0.6) is 11.5 Å². The van der Waals surface area contributed by atoms with Gasteiger partial charge in [0.05, 0.1) is 31.5 Å². The predicted octanol–water partition coefficient (Wildman–Crippen LogP) is 3.47. The Morgan fingerprint density at radius 2 is 1.86 bits per heavy atom. The molecule has 1 amide bonds. The molecule has 0 radical (unpaired) electrons. The molecule has 0 unspecified atom stereocenters. The van der Waals surface area contributed by atoms with Gasteiger partial charge in [0.15, 0.2) is 0 Å². The van der Waals surface area contributed by atoms with Gasteiger partial charge in [-0.1, -0.05) is 0 Å². The lowest BCUT2D eigenvalue weighted by atomic mass is 10.2. The summed E-state index contributed by atoms with van der Waals surface area (Å²) < 4.78 is 11.2. The molecular weight excluding hydrogens is 368 g/mol. The van der Waals surface area contributed by atoms with Crippen molar-refractivity contribution < 1.29 is 14.3 Å². The number of halogens is 1. The van der Waals surface area contributed by atoms with Crippen LogP contribution in [0.15, 0.2) is 16.6 Å². The molecule has 0 aliphatic heterocycles. The van der Waals surface area contributed by atoms with Crippen molar-refractivity contribution in [3.05, 3.63) is 37.7 Å². The first-order valence-corrected chi connectivity index (χ1v) is 8.19. The molecule has 22 heavy (non-hydrogen) atoms. The van der Waals surface area contributed by atoms with Crippen molar-refractivity contribution in [1.29, 1.82) is 0 Å². The van der Waals surface area contributed by atoms with Crippen LogP contribution in [0.25, 0.3) is 0 Å². The minimum Gasteiger partial charge on any atom is -0.495 e. The van der Waals surface area contributed by atoms with E-state index in [0.717, 1.165) is 15.6 Å². The highest BCUT2D eigenvalue weighted by Gasteiger charge is 2.15. The minimum atomic E-state index is -0.186. The Morgan fingerprint density at radius 1 is 1.27 bits per heavy atom. The van der Waals surface area contributed by atoms with Gasteiger partial charge in [-0.3, -0.25) is 4.79 Å². The second kappa shape index (κ2) is 7.11. The number of amides is 1. The van der Waals surface area contributed by atoms with E-state index in [0.29, 0.717) is 28.1 Å². The molecule has 0 fully saturated rings. The van der Waals surface area contributed by atoms with E-state index < -0.39 is 0 Å². The monoisotopic (exact) mass is 384 g/mol. The standard InChI is InChI=1S/C15H17BrN2O3S/c1-8-13(22-9(2)18-8)7-17-15(19)10-5-11(20-3)14(16)12(6-10)21-4/h5-6H,7H2,1-4H3,(H,17,19). The minimum absolute atomic E-state index is 0.186. The van der Waals surface area contributed by atoms with Gasteiger partial charge in [-0.2, -0.15) is 0 Å². The van der Waals surface area contributed by atoms with Crippen LogP contribution < -0.4 is 14.8 Å². The molecule has 1 N–H and O–H groups in total. The van der Waals surface area contributed by atoms with Crippen molar-refractivity contribution >= 4 is 33.2 Å². The highest BCUT2D eigenvalue weighted by atomic mass is 79.9. The van der Waals surface area contributed by atoms with Crippen molar-refractivity contribution in [3.63, 3.8) is 0 Å². The van der Waals surface area contributed by atoms with Gasteiger partial charge in [0, 0.05) is 10.4 Å². The summed E-state index contributed by atoms with van der Waals surface area (Å²) in [5.74, 6) is 0.915. The molecule has 1 aromatic heterocycles. The van der Waals surface area contributed by atoms with Crippen molar-refractivity contribution in [2.24, 2.45) is 0 Å². The van der Waals surface area contributed by atoms with E-state index >= 15 is 0 Å². The summed E-state index contributed by atoms with van der Waals surface area (Å²) in [5, 5.41) is 3.89. The Morgan fingerprint density at radius 3 is 2.32 bits per heavy atom. The second-order valence-corrected chi connectivity index (χ2v) is 6.70. The molecule has 1 heterocycles. The first-order valence-electron chi connectivity index (χ1n) is 6.59. The van der Waals surface area contributed by atoms with Gasteiger partial charge in [-0.15, -0.1) is 11.3 Å². The number of benzene rings is 1. The molecule has 0 saturated carbocycles. The van der Waals surface area contributed by atoms with Gasteiger partial charge >= 0.3 is 0 Å². The lowest BCUT2D eigenvalue weighted by molar-refractivity contribution is 0.0950. The van der Waals surface area contributed by atoms with Gasteiger partial charge in [0.1, 0.15) is 16.0 Å². The number of ether oxygens (including phenoxy) is 2. The van der Waals surface area contributed by atoms with E-state index in [2.05, 4.69) is 26.2 Å². The Kier molecular flexibility index (Phi) is 5.42. The summed E-state index contributed by atoms with van der Waals surface area (Å²) in [4.78, 5) is 17.7. The summed E-state index contributed by atoms with van der Waals surface area (Å²) in [5.41, 5.74) is 1.43. The first-order chi connectivity index (χ1) is 10.5. The van der Waals surface area contributed by atoms with Crippen molar-refractivity contribution in [2.75, 3.05) is 14.2 Å². The zero-order chi connectivity index (χ0) is 16.3. The number of carbonyl (C=O) groups is 1. The third-order valence-electron chi connectivity index (χ3n) is 3.12. The quantitative estimate of drug-likeness (QED) is 0.856. The largest absolute Gasteiger partial charge is 0.495 e. The van der Waals surface area contributed by atoms with E-state index in [9.17, 15) is 4.79 Å². The molecule has 0 aliphatic carbocycles. The van der Waals surface area contributed by atoms with Gasteiger partial charge < -0.3 is 14.8 Å². The molecule has 0 spiro atoms. The molecule has 2 rings (SSSR count). The van der Waals surface area contributed by atoms with Gasteiger partial charge in [-0.25, -0.2) is 4.98 Å². The number of hydrogen-bond acceptors (Lipinski definition) is 5. The Hall–Kier alpha value is -1.60. The van der Waals surface area contributed by atoms with Crippen LogP contribution in [0.4, 0.5) is 0 Å². The zero-order valence-corrected chi connectivity index (χ0v) is 15.2. The molecule has 1 aromatic carbocycles. The van der Waals surface area contributed by atoms with Crippen molar-refractivity contribution in [1.82, 2.24) is 10.3 Å². The van der Waals surface area contributed by atoms with Gasteiger partial charge in [0.2, 0.25) is 0 Å². The molecule has 7 heteroatoms. The Balaban J connectivity index is 2.17. The number of rotatable bonds is 5. The molecule has 0 aliphatic rings. The van der Waals surface area contributed by atoms with E-state index in [-0.39, 0.29) is 5.91 Å². The normalized spacial score (nSPS) is 10.4. The maximum absolute atomic E-state index is 12.3. The molecule has 118 valence electrons. The fraction of sp³-hybridized carbons (Fsp3) is 0.333. The average Bonchev–Trinajstić information content (AvgIpc) is 2.82. The third-order valence-corrected chi connectivity index (χ3v) is 4.97. The number of nitrogens with zero attached hydrogens (tertiary/aromatic N) is 1. The summed E-state index contributed by atoms with van der Waals surface area (Å²) in [6.45, 7) is 4.35. The fourth-order valence-corrected chi connectivity index (χ4v) is 3.43. The van der Waals surface area contributed by atoms with Crippen LogP contribution >= 0.6 is 27.3 Å². The van der Waals surface area contributed by atoms with Crippen LogP contribution in [-0.4, -0.2) is 25.1 Å². The highest BCUT2D eigenvalue weighted by Crippen LogP contribution is 2.35. The van der Waals surface area contributed by atoms with E-state index in [1.165, 1.54) is 0 Å². The summed E-state index contributed by atoms with van der Waals surface area (Å²) in [7, 11) is 3.09. The van der Waals surface area contributed by atoms with Crippen LogP contribution in [0.1, 0.15) is 25.9 Å². The molecular formula is C15H17BrN2O3S. The van der Waals surface area contributed by atoms with Crippen molar-refractivity contribution in [2.45, 2.75) is 20.4 Å². The number of methoxy groups -OCH3 is 2. The number of carbonyl (C=O) groups excluding carboxylic acids is 1. The maximum Gasteiger partial charge on any atom is 0.251 e. The summed E-state index contributed by atoms with van der Waals surface area (Å²) >= 11 is 4.97. The highest BCUT2D eigenvalue weighted by molar-refractivity contribution is 9.10. The van der Waals surface area contributed by atoms with Crippen LogP contribution in [0.2, 0.25) is 0 Å². The number of nitrogens with one attached hydrogen (secondary N) is 1. The summed E-state index contributed by atoms with van der Waals surface area (Å²) in [6, 6.07) is 3.35. The topological polar surface area (TPSA) is 60.5 Å². The van der Waals surface area contributed by atoms with Gasteiger partial charge in [0.25, 0.3) is 5.91 Å². The average molecular weight is 385 g/mol. The number of thiazole rings is 1. The van der Waals surface area contributed by atoms with Crippen molar-refractivity contribution in [3.8, 4) is 11.5 Å². The predicted molar refractivity (Wildman–Crippen MR) is 90.0 cm³/mol. The molecule has 0 saturated heterocycles. The lowest BCUT2D eigenvalue weighted by Crippen LogP contribution is -2.22. The molecule has 0 atom stereocenters. The van der Waals surface area contributed by atoms with Crippen LogP contribution in [-0.2, 0) is 6.54 Å². The molecule has 2 aromatic rings. The van der Waals surface area contributed by atoms with Crippen LogP contribution in [0.3, 0.4) is 0 Å². The van der Waals surface area contributed by atoms with Gasteiger partial charge in [-0.05, 0) is 41.9 Å². The zero-order valence-electron chi connectivity index (χ0n) is 12.8. The van der Waals surface area contributed by atoms with E-state index in [1.54, 1.807) is 37.7 Å². The van der Waals surface area contributed by atoms with Crippen LogP contribution in [0, 0.1) is 13.8 Å². The summed E-state index contributed by atoms with van der Waals surface area (Å²) in [6.07, 6.45) is 0.